The summed E-state index contributed by atoms with van der Waals surface area (Å²) in [5.74, 6) is -0.683. The van der Waals surface area contributed by atoms with Gasteiger partial charge in [0.25, 0.3) is 11.1 Å². The Bertz CT molecular complexity index is 1430. The Morgan fingerprint density at radius 1 is 0.825 bits per heavy atom. The van der Waals surface area contributed by atoms with Crippen LogP contribution in [-0.2, 0) is 25.4 Å². The molecule has 2 saturated heterocycles. The molecule has 40 heavy (non-hydrogen) atoms. The summed E-state index contributed by atoms with van der Waals surface area (Å²) in [5.41, 5.74) is -2.72. The number of aliphatic hydroxyl groups excluding tert-OH is 6. The molecule has 0 aliphatic carbocycles. The number of esters is 1. The molecule has 0 spiro atoms. The van der Waals surface area contributed by atoms with E-state index in [4.69, 9.17) is 19.7 Å². The van der Waals surface area contributed by atoms with Gasteiger partial charge in [-0.3, -0.25) is 33.5 Å². The number of nitrogens with one attached hydrogen (secondary N) is 2. The first-order valence-electron chi connectivity index (χ1n) is 11.8. The van der Waals surface area contributed by atoms with E-state index >= 15 is 0 Å². The van der Waals surface area contributed by atoms with Gasteiger partial charge in [-0.15, -0.1) is 0 Å². The second-order valence-electron chi connectivity index (χ2n) is 9.01. The van der Waals surface area contributed by atoms with Gasteiger partial charge in [0.15, 0.2) is 12.5 Å². The van der Waals surface area contributed by atoms with Crippen LogP contribution in [0.4, 0.5) is 0 Å². The summed E-state index contributed by atoms with van der Waals surface area (Å²) >= 11 is 0. The monoisotopic (exact) mass is 574 g/mol. The van der Waals surface area contributed by atoms with Crippen molar-refractivity contribution in [3.8, 4) is 0 Å². The summed E-state index contributed by atoms with van der Waals surface area (Å²) in [6, 6.07) is 0. The van der Waals surface area contributed by atoms with Crippen LogP contribution in [0.3, 0.4) is 0 Å². The smallest absolute Gasteiger partial charge is 0.330 e. The number of nitrogens with zero attached hydrogens (tertiary/aromatic N) is 2. The Hall–Kier alpha value is -3.49. The zero-order chi connectivity index (χ0) is 29.9. The highest BCUT2D eigenvalue weighted by Gasteiger charge is 2.44. The number of aromatic amines is 2. The third-order valence-corrected chi connectivity index (χ3v) is 6.33. The van der Waals surface area contributed by atoms with Gasteiger partial charge in [-0.1, -0.05) is 0 Å². The van der Waals surface area contributed by atoms with Crippen molar-refractivity contribution in [2.75, 3.05) is 20.3 Å². The fourth-order valence-corrected chi connectivity index (χ4v) is 4.06. The molecule has 18 heteroatoms. The Labute approximate surface area is 223 Å². The number of carbonyl (C=O) groups excluding carboxylic acids is 1. The molecule has 0 unspecified atom stereocenters. The van der Waals surface area contributed by atoms with Crippen LogP contribution in [0.1, 0.15) is 23.6 Å². The second kappa shape index (κ2) is 12.8. The number of aryl methyl sites for hydroxylation is 1. The number of hydrogen-bond acceptors (Lipinski definition) is 14. The van der Waals surface area contributed by atoms with E-state index in [0.717, 1.165) is 22.4 Å². The summed E-state index contributed by atoms with van der Waals surface area (Å²) < 4.78 is 16.7. The first kappa shape index (κ1) is 31.0. The lowest BCUT2D eigenvalue weighted by Gasteiger charge is -2.17. The molecule has 222 valence electrons. The summed E-state index contributed by atoms with van der Waals surface area (Å²) in [6.45, 7) is 0.462. The van der Waals surface area contributed by atoms with Gasteiger partial charge < -0.3 is 44.8 Å². The van der Waals surface area contributed by atoms with Crippen LogP contribution in [0.2, 0.25) is 0 Å². The molecule has 0 radical (unpaired) electrons. The van der Waals surface area contributed by atoms with Gasteiger partial charge in [-0.25, -0.2) is 9.59 Å². The third-order valence-electron chi connectivity index (χ3n) is 6.33. The maximum atomic E-state index is 11.8. The summed E-state index contributed by atoms with van der Waals surface area (Å²) in [6.07, 6.45) is -8.07. The predicted octanol–water partition coefficient (Wildman–Crippen LogP) is -5.68. The fraction of sp³-hybridized carbons (Fsp3) is 0.591. The van der Waals surface area contributed by atoms with Crippen molar-refractivity contribution in [1.29, 1.82) is 0 Å². The molecule has 8 atom stereocenters. The van der Waals surface area contributed by atoms with E-state index in [1.165, 1.54) is 13.1 Å². The van der Waals surface area contributed by atoms with Gasteiger partial charge >= 0.3 is 17.3 Å². The van der Waals surface area contributed by atoms with Crippen molar-refractivity contribution in [3.63, 3.8) is 0 Å². The topological polar surface area (TPSA) is 276 Å². The molecule has 4 heterocycles. The molecule has 0 saturated carbocycles. The molecule has 8 N–H and O–H groups in total. The van der Waals surface area contributed by atoms with E-state index in [1.807, 2.05) is 4.98 Å². The molecule has 2 fully saturated rings. The minimum atomic E-state index is -1.48. The van der Waals surface area contributed by atoms with Crippen LogP contribution in [0.15, 0.2) is 31.6 Å². The molecule has 18 nitrogen and oxygen atoms in total. The molecular weight excluding hydrogens is 544 g/mol. The van der Waals surface area contributed by atoms with Crippen molar-refractivity contribution in [2.45, 2.75) is 62.4 Å². The lowest BCUT2D eigenvalue weighted by molar-refractivity contribution is -0.139. The highest BCUT2D eigenvalue weighted by molar-refractivity contribution is 5.72. The Kier molecular flexibility index (Phi) is 9.92. The van der Waals surface area contributed by atoms with Crippen LogP contribution in [0, 0.1) is 6.92 Å². The Morgan fingerprint density at radius 2 is 1.27 bits per heavy atom. The van der Waals surface area contributed by atoms with E-state index in [9.17, 15) is 44.4 Å². The van der Waals surface area contributed by atoms with Crippen molar-refractivity contribution in [3.05, 3.63) is 65.2 Å². The maximum Gasteiger partial charge on any atom is 0.330 e. The van der Waals surface area contributed by atoms with Crippen molar-refractivity contribution in [2.24, 2.45) is 0 Å². The standard InChI is InChI=1S/C12H16N2O8.C10H14N2O6/c1-21-7(16)2-5-3-14(12(20)13-10(5)19)11-9(18)8(17)6(4-15)22-11;1-4-2-12(10(17)11-8(4)16)9-7(15)6(14)5(3-13)18-9/h3,6,8-9,11,15,17-18H,2,4H2,1H3,(H,13,19,20);2,5-7,9,13-15H,3H2,1H3,(H,11,16,17)/t6-,8-,9-,11-;5-,6-,7-,9-/m11/s1. The SMILES string of the molecule is COC(=O)Cc1cn([C@@H]2O[C@H](CO)[C@@H](O)[C@H]2O)c(=O)[nH]c1=O.Cc1cn([C@@H]2O[C@H](CO)[C@@H](O)[C@H]2O)c(=O)[nH]c1=O. The molecule has 0 bridgehead atoms. The Morgan fingerprint density at radius 3 is 1.70 bits per heavy atom. The van der Waals surface area contributed by atoms with E-state index in [-0.39, 0.29) is 17.5 Å². The van der Waals surface area contributed by atoms with E-state index < -0.39 is 90.8 Å². The zero-order valence-electron chi connectivity index (χ0n) is 21.2. The molecule has 2 aliphatic rings. The number of hydrogen-bond donors (Lipinski definition) is 8. The highest BCUT2D eigenvalue weighted by Crippen LogP contribution is 2.29. The average Bonchev–Trinajstić information content (AvgIpc) is 3.37. The van der Waals surface area contributed by atoms with Gasteiger partial charge in [0.1, 0.15) is 36.6 Å². The van der Waals surface area contributed by atoms with Gasteiger partial charge in [0, 0.05) is 23.5 Å². The van der Waals surface area contributed by atoms with Crippen LogP contribution in [0.25, 0.3) is 0 Å². The number of carbonyl (C=O) groups is 1. The minimum absolute atomic E-state index is 0.0656. The fourth-order valence-electron chi connectivity index (χ4n) is 4.06. The van der Waals surface area contributed by atoms with Crippen LogP contribution in [-0.4, -0.2) is 113 Å². The molecule has 4 rings (SSSR count). The lowest BCUT2D eigenvalue weighted by Crippen LogP contribution is -2.39. The molecule has 0 aromatic carbocycles. The quantitative estimate of drug-likeness (QED) is 0.149. The molecule has 2 aliphatic heterocycles. The number of rotatable bonds is 6. The van der Waals surface area contributed by atoms with Gasteiger partial charge in [0.2, 0.25) is 0 Å². The number of aliphatic hydroxyl groups is 6. The maximum absolute atomic E-state index is 11.8. The van der Waals surface area contributed by atoms with Crippen LogP contribution in [0.5, 0.6) is 0 Å². The normalized spacial score (nSPS) is 29.6. The van der Waals surface area contributed by atoms with E-state index in [0.29, 0.717) is 0 Å². The summed E-state index contributed by atoms with van der Waals surface area (Å²) in [7, 11) is 1.15. The Balaban J connectivity index is 0.000000225. The molecular formula is C22H30N4O14. The van der Waals surface area contributed by atoms with Gasteiger partial charge in [-0.05, 0) is 6.92 Å². The first-order valence-corrected chi connectivity index (χ1v) is 11.8. The van der Waals surface area contributed by atoms with Crippen molar-refractivity contribution < 1.29 is 49.6 Å². The van der Waals surface area contributed by atoms with E-state index in [2.05, 4.69) is 9.72 Å². The third kappa shape index (κ3) is 6.29. The number of H-pyrrole nitrogens is 2. The second-order valence-corrected chi connectivity index (χ2v) is 9.01. The van der Waals surface area contributed by atoms with Crippen molar-refractivity contribution in [1.82, 2.24) is 19.1 Å². The van der Waals surface area contributed by atoms with Gasteiger partial charge in [0.05, 0.1) is 26.7 Å². The van der Waals surface area contributed by atoms with E-state index in [1.54, 1.807) is 0 Å². The largest absolute Gasteiger partial charge is 0.469 e. The first-order chi connectivity index (χ1) is 18.8. The molecule has 0 amide bonds. The molecule has 2 aromatic rings. The van der Waals surface area contributed by atoms with Crippen LogP contribution >= 0.6 is 0 Å². The predicted molar refractivity (Wildman–Crippen MR) is 129 cm³/mol. The van der Waals surface area contributed by atoms with Gasteiger partial charge in [-0.2, -0.15) is 0 Å². The van der Waals surface area contributed by atoms with Crippen LogP contribution < -0.4 is 22.5 Å². The number of ether oxygens (including phenoxy) is 3. The number of aromatic nitrogens is 4. The average molecular weight is 574 g/mol. The lowest BCUT2D eigenvalue weighted by atomic mass is 10.1. The summed E-state index contributed by atoms with van der Waals surface area (Å²) in [4.78, 5) is 61.6. The summed E-state index contributed by atoms with van der Waals surface area (Å²) in [5, 5.41) is 56.9. The number of methoxy groups -OCH3 is 1. The minimum Gasteiger partial charge on any atom is -0.469 e. The molecule has 2 aromatic heterocycles. The zero-order valence-corrected chi connectivity index (χ0v) is 21.2. The highest BCUT2D eigenvalue weighted by atomic mass is 16.6. The van der Waals surface area contributed by atoms with Crippen molar-refractivity contribution >= 4 is 5.97 Å².